The van der Waals surface area contributed by atoms with Crippen LogP contribution in [0.4, 0.5) is 4.39 Å². The molecule has 0 heterocycles. The molecule has 0 aliphatic rings. The van der Waals surface area contributed by atoms with Gasteiger partial charge in [-0.1, -0.05) is 41.9 Å². The van der Waals surface area contributed by atoms with Crippen LogP contribution in [0.5, 0.6) is 11.5 Å². The second kappa shape index (κ2) is 8.14. The van der Waals surface area contributed by atoms with E-state index in [0.29, 0.717) is 13.0 Å². The van der Waals surface area contributed by atoms with Crippen LogP contribution in [0.15, 0.2) is 66.0 Å². The van der Waals surface area contributed by atoms with Crippen LogP contribution in [-0.4, -0.2) is 5.60 Å². The van der Waals surface area contributed by atoms with Crippen molar-refractivity contribution >= 4 is 11.6 Å². The minimum absolute atomic E-state index is 0.405. The zero-order chi connectivity index (χ0) is 16.7. The van der Waals surface area contributed by atoms with Crippen molar-refractivity contribution in [3.8, 4) is 11.5 Å². The molecule has 0 atom stereocenters. The molecule has 0 fully saturated rings. The summed E-state index contributed by atoms with van der Waals surface area (Å²) in [6.07, 6.45) is 1.72. The lowest BCUT2D eigenvalue weighted by atomic mass is 10.1. The van der Waals surface area contributed by atoms with Gasteiger partial charge < -0.3 is 9.47 Å². The molecule has 0 bridgehead atoms. The van der Waals surface area contributed by atoms with Crippen molar-refractivity contribution in [1.82, 2.24) is 0 Å². The lowest BCUT2D eigenvalue weighted by Crippen LogP contribution is -2.23. The number of rotatable bonds is 7. The average Bonchev–Trinajstić information content (AvgIpc) is 2.53. The molecule has 0 amide bonds. The minimum atomic E-state index is -0.708. The number of halogens is 2. The van der Waals surface area contributed by atoms with E-state index in [-0.39, 0.29) is 0 Å². The van der Waals surface area contributed by atoms with Crippen molar-refractivity contribution < 1.29 is 13.9 Å². The van der Waals surface area contributed by atoms with Crippen molar-refractivity contribution in [3.05, 3.63) is 71.5 Å². The molecule has 2 aromatic rings. The van der Waals surface area contributed by atoms with Crippen molar-refractivity contribution in [3.63, 3.8) is 0 Å². The van der Waals surface area contributed by atoms with E-state index < -0.39 is 10.9 Å². The molecule has 0 aliphatic carbocycles. The van der Waals surface area contributed by atoms with Crippen molar-refractivity contribution in [1.29, 1.82) is 0 Å². The molecule has 0 saturated carbocycles. The molecule has 0 spiro atoms. The third-order valence-electron chi connectivity index (χ3n) is 3.25. The van der Waals surface area contributed by atoms with Crippen LogP contribution in [0, 0.1) is 0 Å². The van der Waals surface area contributed by atoms with Crippen LogP contribution in [0.25, 0.3) is 0 Å². The normalized spacial score (nSPS) is 12.3. The second-order valence-corrected chi connectivity index (χ2v) is 6.17. The molecular weight excluding hydrogens is 315 g/mol. The summed E-state index contributed by atoms with van der Waals surface area (Å²) in [7, 11) is 0. The Labute approximate surface area is 141 Å². The highest BCUT2D eigenvalue weighted by molar-refractivity contribution is 6.28. The number of ether oxygens (including phenoxy) is 2. The Morgan fingerprint density at radius 2 is 1.78 bits per heavy atom. The Morgan fingerprint density at radius 1 is 1.09 bits per heavy atom. The largest absolute Gasteiger partial charge is 0.457 e. The molecule has 0 saturated heterocycles. The van der Waals surface area contributed by atoms with Gasteiger partial charge in [0.15, 0.2) is 5.29 Å². The first-order valence-electron chi connectivity index (χ1n) is 7.42. The van der Waals surface area contributed by atoms with E-state index in [4.69, 9.17) is 21.1 Å². The molecule has 2 nitrogen and oxygen atoms in total. The molecule has 23 heavy (non-hydrogen) atoms. The number of para-hydroxylation sites is 1. The fourth-order valence-corrected chi connectivity index (χ4v) is 2.06. The van der Waals surface area contributed by atoms with Crippen molar-refractivity contribution in [2.24, 2.45) is 0 Å². The highest BCUT2D eigenvalue weighted by Gasteiger charge is 2.17. The van der Waals surface area contributed by atoms with Crippen LogP contribution in [-0.2, 0) is 11.3 Å². The lowest BCUT2D eigenvalue weighted by molar-refractivity contribution is -0.0270. The predicted molar refractivity (Wildman–Crippen MR) is 91.5 cm³/mol. The van der Waals surface area contributed by atoms with Gasteiger partial charge in [-0.25, -0.2) is 0 Å². The van der Waals surface area contributed by atoms with E-state index in [9.17, 15) is 4.39 Å². The average molecular weight is 335 g/mol. The first-order valence-corrected chi connectivity index (χ1v) is 7.79. The van der Waals surface area contributed by atoms with Gasteiger partial charge in [-0.15, -0.1) is 0 Å². The molecule has 0 unspecified atom stereocenters. The smallest absolute Gasteiger partial charge is 0.185 e. The van der Waals surface area contributed by atoms with E-state index >= 15 is 0 Å². The fraction of sp³-hybridized carbons (Fsp3) is 0.263. The van der Waals surface area contributed by atoms with Gasteiger partial charge in [-0.2, -0.15) is 4.39 Å². The Morgan fingerprint density at radius 3 is 2.48 bits per heavy atom. The zero-order valence-electron chi connectivity index (χ0n) is 13.3. The summed E-state index contributed by atoms with van der Waals surface area (Å²) < 4.78 is 24.3. The Kier molecular flexibility index (Phi) is 6.20. The first kappa shape index (κ1) is 17.5. The molecule has 0 aliphatic heterocycles. The fourth-order valence-electron chi connectivity index (χ4n) is 1.98. The molecule has 2 aromatic carbocycles. The molecule has 0 aromatic heterocycles. The molecule has 0 N–H and O–H groups in total. The lowest BCUT2D eigenvalue weighted by Gasteiger charge is -2.24. The molecule has 4 heteroatoms. The summed E-state index contributed by atoms with van der Waals surface area (Å²) in [5, 5.41) is -0.708. The topological polar surface area (TPSA) is 18.5 Å². The maximum atomic E-state index is 12.6. The quantitative estimate of drug-likeness (QED) is 0.599. The monoisotopic (exact) mass is 334 g/mol. The van der Waals surface area contributed by atoms with E-state index in [1.807, 2.05) is 68.4 Å². The molecule has 0 radical (unpaired) electrons. The van der Waals surface area contributed by atoms with E-state index in [2.05, 4.69) is 0 Å². The van der Waals surface area contributed by atoms with Gasteiger partial charge >= 0.3 is 0 Å². The second-order valence-electron chi connectivity index (χ2n) is 5.81. The van der Waals surface area contributed by atoms with Gasteiger partial charge in [0.1, 0.15) is 11.5 Å². The Balaban J connectivity index is 1.96. The van der Waals surface area contributed by atoms with E-state index in [0.717, 1.165) is 17.1 Å². The van der Waals surface area contributed by atoms with Crippen LogP contribution in [0.1, 0.15) is 25.8 Å². The minimum Gasteiger partial charge on any atom is -0.457 e. The van der Waals surface area contributed by atoms with Gasteiger partial charge in [0.05, 0.1) is 12.2 Å². The third kappa shape index (κ3) is 6.43. The van der Waals surface area contributed by atoms with E-state index in [1.165, 1.54) is 6.08 Å². The Bertz CT molecular complexity index is 649. The third-order valence-corrected chi connectivity index (χ3v) is 3.41. The van der Waals surface area contributed by atoms with Gasteiger partial charge in [0.25, 0.3) is 0 Å². The molecule has 2 rings (SSSR count). The van der Waals surface area contributed by atoms with Crippen LogP contribution in [0.2, 0.25) is 0 Å². The SMILES string of the molecule is CC(C)(CC=C(F)Cl)OCc1cccc(Oc2ccccc2)c1. The van der Waals surface area contributed by atoms with Crippen molar-refractivity contribution in [2.45, 2.75) is 32.5 Å². The number of benzene rings is 2. The van der Waals surface area contributed by atoms with Gasteiger partial charge in [-0.3, -0.25) is 0 Å². The summed E-state index contributed by atoms with van der Waals surface area (Å²) in [5.41, 5.74) is 0.490. The number of hydrogen-bond donors (Lipinski definition) is 0. The number of hydrogen-bond acceptors (Lipinski definition) is 2. The van der Waals surface area contributed by atoms with Crippen molar-refractivity contribution in [2.75, 3.05) is 0 Å². The van der Waals surface area contributed by atoms with Gasteiger partial charge in [0, 0.05) is 0 Å². The van der Waals surface area contributed by atoms with Crippen LogP contribution in [0.3, 0.4) is 0 Å². The summed E-state index contributed by atoms with van der Waals surface area (Å²) >= 11 is 5.22. The van der Waals surface area contributed by atoms with Crippen LogP contribution < -0.4 is 4.74 Å². The highest BCUT2D eigenvalue weighted by Crippen LogP contribution is 2.24. The molecule has 122 valence electrons. The summed E-state index contributed by atoms with van der Waals surface area (Å²) in [6.45, 7) is 4.21. The highest BCUT2D eigenvalue weighted by atomic mass is 35.5. The maximum Gasteiger partial charge on any atom is 0.185 e. The zero-order valence-corrected chi connectivity index (χ0v) is 14.0. The predicted octanol–water partition coefficient (Wildman–Crippen LogP) is 6.21. The summed E-state index contributed by atoms with van der Waals surface area (Å²) in [5.74, 6) is 1.54. The first-order chi connectivity index (χ1) is 10.9. The van der Waals surface area contributed by atoms with Gasteiger partial charge in [-0.05, 0) is 56.2 Å². The van der Waals surface area contributed by atoms with Gasteiger partial charge in [0.2, 0.25) is 0 Å². The molecular formula is C19H20ClFO2. The maximum absolute atomic E-state index is 12.6. The van der Waals surface area contributed by atoms with Crippen LogP contribution >= 0.6 is 11.6 Å². The Hall–Kier alpha value is -1.84. The summed E-state index contributed by atoms with van der Waals surface area (Å²) in [4.78, 5) is 0. The van der Waals surface area contributed by atoms with E-state index in [1.54, 1.807) is 0 Å². The summed E-state index contributed by atoms with van der Waals surface area (Å²) in [6, 6.07) is 17.3. The standard InChI is InChI=1S/C19H20ClFO2/c1-19(2,12-11-18(20)21)22-14-15-7-6-10-17(13-15)23-16-8-4-3-5-9-16/h3-11,13H,12,14H2,1-2H3.